The van der Waals surface area contributed by atoms with E-state index in [1.165, 1.54) is 11.3 Å². The third-order valence-electron chi connectivity index (χ3n) is 1.93. The Bertz CT molecular complexity index is 512. The van der Waals surface area contributed by atoms with E-state index < -0.39 is 0 Å². The van der Waals surface area contributed by atoms with Gasteiger partial charge in [-0.05, 0) is 18.2 Å². The lowest BCUT2D eigenvalue weighted by Crippen LogP contribution is -2.02. The van der Waals surface area contributed by atoms with Gasteiger partial charge in [-0.1, -0.05) is 11.6 Å². The highest BCUT2D eigenvalue weighted by molar-refractivity contribution is 7.19. The summed E-state index contributed by atoms with van der Waals surface area (Å²) >= 11 is 7.26. The maximum absolute atomic E-state index is 10.2. The summed E-state index contributed by atoms with van der Waals surface area (Å²) in [6.07, 6.45) is 0.450. The molecule has 2 rings (SSSR count). The van der Waals surface area contributed by atoms with Crippen molar-refractivity contribution in [1.29, 1.82) is 0 Å². The zero-order valence-corrected chi connectivity index (χ0v) is 9.22. The normalized spacial score (nSPS) is 10.7. The first-order valence-corrected chi connectivity index (χ1v) is 5.51. The number of nitro groups is 1. The molecular weight excluding hydrogens is 236 g/mol. The molecule has 78 valence electrons. The molecule has 0 radical (unpaired) electrons. The minimum Gasteiger partial charge on any atom is -0.265 e. The summed E-state index contributed by atoms with van der Waals surface area (Å²) in [7, 11) is 0. The number of rotatable bonds is 3. The van der Waals surface area contributed by atoms with Gasteiger partial charge in [0, 0.05) is 16.2 Å². The second kappa shape index (κ2) is 4.12. The number of hydrogen-bond donors (Lipinski definition) is 0. The third kappa shape index (κ3) is 2.43. The molecule has 4 nitrogen and oxygen atoms in total. The maximum Gasteiger partial charge on any atom is 0.208 e. The SMILES string of the molecule is O=[N+]([O-])CCc1cc2nc(Cl)ccc2s1. The van der Waals surface area contributed by atoms with Gasteiger partial charge in [-0.25, -0.2) is 4.98 Å². The van der Waals surface area contributed by atoms with Crippen LogP contribution in [0.4, 0.5) is 0 Å². The first kappa shape index (κ1) is 10.3. The maximum atomic E-state index is 10.2. The van der Waals surface area contributed by atoms with Crippen molar-refractivity contribution in [2.45, 2.75) is 6.42 Å². The summed E-state index contributed by atoms with van der Waals surface area (Å²) in [5, 5.41) is 10.7. The predicted octanol–water partition coefficient (Wildman–Crippen LogP) is 2.77. The fraction of sp³-hybridized carbons (Fsp3) is 0.222. The first-order chi connectivity index (χ1) is 7.15. The second-order valence-electron chi connectivity index (χ2n) is 3.04. The number of hydrogen-bond acceptors (Lipinski definition) is 4. The number of pyridine rings is 1. The molecular formula is C9H7ClN2O2S. The molecule has 0 N–H and O–H groups in total. The van der Waals surface area contributed by atoms with Crippen LogP contribution in [0.15, 0.2) is 18.2 Å². The topological polar surface area (TPSA) is 56.0 Å². The van der Waals surface area contributed by atoms with Crippen molar-refractivity contribution in [3.8, 4) is 0 Å². The Morgan fingerprint density at radius 3 is 3.07 bits per heavy atom. The van der Waals surface area contributed by atoms with E-state index in [-0.39, 0.29) is 11.5 Å². The van der Waals surface area contributed by atoms with Crippen LogP contribution in [-0.2, 0) is 6.42 Å². The van der Waals surface area contributed by atoms with Crippen molar-refractivity contribution in [3.05, 3.63) is 38.3 Å². The molecule has 15 heavy (non-hydrogen) atoms. The highest BCUT2D eigenvalue weighted by Gasteiger charge is 2.06. The molecule has 2 aromatic rings. The molecule has 0 aliphatic heterocycles. The minimum absolute atomic E-state index is 0.0411. The lowest BCUT2D eigenvalue weighted by Gasteiger charge is -1.88. The van der Waals surface area contributed by atoms with Crippen molar-refractivity contribution >= 4 is 33.2 Å². The van der Waals surface area contributed by atoms with Gasteiger partial charge in [-0.3, -0.25) is 10.1 Å². The molecule has 0 bridgehead atoms. The monoisotopic (exact) mass is 242 g/mol. The van der Waals surface area contributed by atoms with Gasteiger partial charge in [0.1, 0.15) is 5.15 Å². The van der Waals surface area contributed by atoms with Crippen LogP contribution in [0.1, 0.15) is 4.88 Å². The van der Waals surface area contributed by atoms with Crippen LogP contribution >= 0.6 is 22.9 Å². The smallest absolute Gasteiger partial charge is 0.208 e. The number of halogens is 1. The fourth-order valence-electron chi connectivity index (χ4n) is 1.27. The number of nitrogens with zero attached hydrogens (tertiary/aromatic N) is 2. The number of aromatic nitrogens is 1. The Labute approximate surface area is 94.7 Å². The molecule has 0 atom stereocenters. The average Bonchev–Trinajstić information content (AvgIpc) is 2.56. The molecule has 0 spiro atoms. The van der Waals surface area contributed by atoms with Crippen LogP contribution in [0.25, 0.3) is 10.2 Å². The third-order valence-corrected chi connectivity index (χ3v) is 3.29. The van der Waals surface area contributed by atoms with Crippen LogP contribution in [0, 0.1) is 10.1 Å². The molecule has 6 heteroatoms. The van der Waals surface area contributed by atoms with Crippen molar-refractivity contribution < 1.29 is 4.92 Å². The Morgan fingerprint density at radius 2 is 2.33 bits per heavy atom. The molecule has 0 saturated heterocycles. The van der Waals surface area contributed by atoms with Gasteiger partial charge in [0.2, 0.25) is 6.54 Å². The van der Waals surface area contributed by atoms with Gasteiger partial charge in [-0.15, -0.1) is 11.3 Å². The first-order valence-electron chi connectivity index (χ1n) is 4.32. The highest BCUT2D eigenvalue weighted by Crippen LogP contribution is 2.25. The zero-order chi connectivity index (χ0) is 10.8. The molecule has 2 heterocycles. The Hall–Kier alpha value is -1.20. The quantitative estimate of drug-likeness (QED) is 0.472. The van der Waals surface area contributed by atoms with Crippen molar-refractivity contribution in [2.75, 3.05) is 6.54 Å². The fourth-order valence-corrected chi connectivity index (χ4v) is 2.42. The van der Waals surface area contributed by atoms with E-state index in [9.17, 15) is 10.1 Å². The van der Waals surface area contributed by atoms with Crippen LogP contribution in [0.5, 0.6) is 0 Å². The molecule has 0 unspecified atom stereocenters. The number of fused-ring (bicyclic) bond motifs is 1. The second-order valence-corrected chi connectivity index (χ2v) is 4.59. The van der Waals surface area contributed by atoms with Crippen LogP contribution in [0.3, 0.4) is 0 Å². The van der Waals surface area contributed by atoms with E-state index in [0.717, 1.165) is 15.1 Å². The van der Waals surface area contributed by atoms with Gasteiger partial charge in [-0.2, -0.15) is 0 Å². The van der Waals surface area contributed by atoms with Gasteiger partial charge in [0.05, 0.1) is 10.2 Å². The summed E-state index contributed by atoms with van der Waals surface area (Å²) in [4.78, 5) is 15.0. The highest BCUT2D eigenvalue weighted by atomic mass is 35.5. The molecule has 0 saturated carbocycles. The van der Waals surface area contributed by atoms with E-state index in [2.05, 4.69) is 4.98 Å². The van der Waals surface area contributed by atoms with Crippen molar-refractivity contribution in [2.24, 2.45) is 0 Å². The van der Waals surface area contributed by atoms with Crippen LogP contribution in [0.2, 0.25) is 5.15 Å². The molecule has 0 aromatic carbocycles. The Morgan fingerprint density at radius 1 is 1.53 bits per heavy atom. The average molecular weight is 243 g/mol. The molecule has 0 aliphatic rings. The van der Waals surface area contributed by atoms with Crippen molar-refractivity contribution in [1.82, 2.24) is 4.98 Å². The standard InChI is InChI=1S/C9H7ClN2O2S/c10-9-2-1-8-7(11-9)5-6(15-8)3-4-12(13)14/h1-2,5H,3-4H2. The molecule has 2 aromatic heterocycles. The summed E-state index contributed by atoms with van der Waals surface area (Å²) in [6.45, 7) is -0.0411. The van der Waals surface area contributed by atoms with Gasteiger partial charge < -0.3 is 0 Å². The van der Waals surface area contributed by atoms with E-state index in [4.69, 9.17) is 11.6 Å². The van der Waals surface area contributed by atoms with Crippen LogP contribution < -0.4 is 0 Å². The lowest BCUT2D eigenvalue weighted by molar-refractivity contribution is -0.479. The molecule has 0 aliphatic carbocycles. The summed E-state index contributed by atoms with van der Waals surface area (Å²) in [5.74, 6) is 0. The Balaban J connectivity index is 2.27. The largest absolute Gasteiger partial charge is 0.265 e. The van der Waals surface area contributed by atoms with Gasteiger partial charge in [0.15, 0.2) is 0 Å². The van der Waals surface area contributed by atoms with E-state index in [0.29, 0.717) is 11.6 Å². The summed E-state index contributed by atoms with van der Waals surface area (Å²) in [5.41, 5.74) is 0.811. The Kier molecular flexibility index (Phi) is 2.83. The minimum atomic E-state index is -0.315. The predicted molar refractivity (Wildman–Crippen MR) is 60.2 cm³/mol. The zero-order valence-electron chi connectivity index (χ0n) is 7.64. The van der Waals surface area contributed by atoms with Crippen molar-refractivity contribution in [3.63, 3.8) is 0 Å². The lowest BCUT2D eigenvalue weighted by atomic mass is 10.3. The van der Waals surface area contributed by atoms with Gasteiger partial charge in [0.25, 0.3) is 0 Å². The number of thiophene rings is 1. The van der Waals surface area contributed by atoms with E-state index in [1.54, 1.807) is 6.07 Å². The van der Waals surface area contributed by atoms with Crippen LogP contribution in [-0.4, -0.2) is 16.5 Å². The van der Waals surface area contributed by atoms with E-state index >= 15 is 0 Å². The summed E-state index contributed by atoms with van der Waals surface area (Å²) < 4.78 is 1.01. The van der Waals surface area contributed by atoms with Gasteiger partial charge >= 0.3 is 0 Å². The molecule has 0 fully saturated rings. The van der Waals surface area contributed by atoms with E-state index in [1.807, 2.05) is 12.1 Å². The summed E-state index contributed by atoms with van der Waals surface area (Å²) in [6, 6.07) is 5.46. The molecule has 0 amide bonds.